The van der Waals surface area contributed by atoms with Crippen LogP contribution in [0.1, 0.15) is 62.3 Å². The van der Waals surface area contributed by atoms with Gasteiger partial charge >= 0.3 is 0 Å². The Kier molecular flexibility index (Phi) is 5.71. The van der Waals surface area contributed by atoms with E-state index in [0.717, 1.165) is 62.6 Å². The fourth-order valence-corrected chi connectivity index (χ4v) is 3.02. The first-order valence-corrected chi connectivity index (χ1v) is 8.26. The molecule has 0 spiro atoms. The molecule has 1 aromatic heterocycles. The molecule has 1 aliphatic heterocycles. The second-order valence-corrected chi connectivity index (χ2v) is 6.19. The highest BCUT2D eigenvalue weighted by Crippen LogP contribution is 2.33. The molecule has 2 heterocycles. The molecule has 4 nitrogen and oxygen atoms in total. The number of nitrogens with one attached hydrogen (secondary N) is 1. The standard InChI is InChI=1S/C17H29N3O/c1-5-18-11-8-9-15-13(2)19-16(20-14(15)3)17(4)10-6-7-12-21-17/h18H,5-12H2,1-4H3. The summed E-state index contributed by atoms with van der Waals surface area (Å²) in [5.74, 6) is 0.868. The SMILES string of the molecule is CCNCCCc1c(C)nc(C2(C)CCCCO2)nc1C. The van der Waals surface area contributed by atoms with Crippen LogP contribution in [0.25, 0.3) is 0 Å². The van der Waals surface area contributed by atoms with Crippen molar-refractivity contribution < 1.29 is 4.74 Å². The van der Waals surface area contributed by atoms with Crippen molar-refractivity contribution in [2.24, 2.45) is 0 Å². The molecule has 1 fully saturated rings. The first kappa shape index (κ1) is 16.4. The van der Waals surface area contributed by atoms with Gasteiger partial charge in [0.05, 0.1) is 0 Å². The van der Waals surface area contributed by atoms with Gasteiger partial charge in [-0.3, -0.25) is 0 Å². The predicted octanol–water partition coefficient (Wildman–Crippen LogP) is 3.05. The maximum Gasteiger partial charge on any atom is 0.160 e. The molecular weight excluding hydrogens is 262 g/mol. The van der Waals surface area contributed by atoms with E-state index in [1.165, 1.54) is 12.0 Å². The fraction of sp³-hybridized carbons (Fsp3) is 0.765. The van der Waals surface area contributed by atoms with Gasteiger partial charge in [-0.25, -0.2) is 9.97 Å². The van der Waals surface area contributed by atoms with Crippen molar-refractivity contribution >= 4 is 0 Å². The summed E-state index contributed by atoms with van der Waals surface area (Å²) in [4.78, 5) is 9.54. The first-order chi connectivity index (χ1) is 10.1. The molecule has 1 unspecified atom stereocenters. The molecule has 0 aliphatic carbocycles. The van der Waals surface area contributed by atoms with Crippen molar-refractivity contribution in [2.45, 2.75) is 65.4 Å². The molecule has 0 bridgehead atoms. The Balaban J connectivity index is 2.12. The van der Waals surface area contributed by atoms with Crippen LogP contribution in [0.15, 0.2) is 0 Å². The molecule has 21 heavy (non-hydrogen) atoms. The third-order valence-corrected chi connectivity index (χ3v) is 4.39. The molecule has 1 atom stereocenters. The largest absolute Gasteiger partial charge is 0.367 e. The second-order valence-electron chi connectivity index (χ2n) is 6.19. The first-order valence-electron chi connectivity index (χ1n) is 8.26. The second kappa shape index (κ2) is 7.32. The van der Waals surface area contributed by atoms with Gasteiger partial charge in [-0.2, -0.15) is 0 Å². The van der Waals surface area contributed by atoms with Crippen LogP contribution in [0.2, 0.25) is 0 Å². The molecule has 0 radical (unpaired) electrons. The Labute approximate surface area is 128 Å². The number of nitrogens with zero attached hydrogens (tertiary/aromatic N) is 2. The normalized spacial score (nSPS) is 22.5. The average molecular weight is 291 g/mol. The summed E-state index contributed by atoms with van der Waals surface area (Å²) < 4.78 is 5.98. The Hall–Kier alpha value is -1.00. The number of hydrogen-bond donors (Lipinski definition) is 1. The van der Waals surface area contributed by atoms with Gasteiger partial charge in [-0.15, -0.1) is 0 Å². The highest BCUT2D eigenvalue weighted by molar-refractivity contribution is 5.26. The van der Waals surface area contributed by atoms with Crippen LogP contribution in [-0.2, 0) is 16.8 Å². The number of aryl methyl sites for hydroxylation is 2. The molecule has 0 aromatic carbocycles. The van der Waals surface area contributed by atoms with Gasteiger partial charge in [0, 0.05) is 18.0 Å². The molecule has 2 rings (SSSR count). The van der Waals surface area contributed by atoms with E-state index >= 15 is 0 Å². The Morgan fingerprint density at radius 1 is 1.19 bits per heavy atom. The zero-order valence-electron chi connectivity index (χ0n) is 14.0. The molecule has 1 aliphatic rings. The van der Waals surface area contributed by atoms with Gasteiger partial charge in [-0.1, -0.05) is 6.92 Å². The minimum absolute atomic E-state index is 0.296. The fourth-order valence-electron chi connectivity index (χ4n) is 3.02. The van der Waals surface area contributed by atoms with E-state index in [0.29, 0.717) is 0 Å². The predicted molar refractivity (Wildman–Crippen MR) is 85.5 cm³/mol. The lowest BCUT2D eigenvalue weighted by Gasteiger charge is -2.33. The maximum absolute atomic E-state index is 5.98. The summed E-state index contributed by atoms with van der Waals surface area (Å²) in [7, 11) is 0. The van der Waals surface area contributed by atoms with Gasteiger partial charge < -0.3 is 10.1 Å². The van der Waals surface area contributed by atoms with Crippen molar-refractivity contribution in [3.8, 4) is 0 Å². The molecule has 1 saturated heterocycles. The summed E-state index contributed by atoms with van der Waals surface area (Å²) in [6, 6.07) is 0. The van der Waals surface area contributed by atoms with Crippen LogP contribution >= 0.6 is 0 Å². The van der Waals surface area contributed by atoms with Crippen molar-refractivity contribution in [3.05, 3.63) is 22.8 Å². The quantitative estimate of drug-likeness (QED) is 0.818. The number of rotatable bonds is 6. The molecule has 118 valence electrons. The third-order valence-electron chi connectivity index (χ3n) is 4.39. The van der Waals surface area contributed by atoms with Crippen molar-refractivity contribution in [1.29, 1.82) is 0 Å². The number of hydrogen-bond acceptors (Lipinski definition) is 4. The number of ether oxygens (including phenoxy) is 1. The minimum Gasteiger partial charge on any atom is -0.367 e. The molecule has 1 aromatic rings. The van der Waals surface area contributed by atoms with Gasteiger partial charge in [0.15, 0.2) is 5.82 Å². The van der Waals surface area contributed by atoms with E-state index in [4.69, 9.17) is 14.7 Å². The summed E-state index contributed by atoms with van der Waals surface area (Å²) >= 11 is 0. The van der Waals surface area contributed by atoms with Crippen molar-refractivity contribution in [1.82, 2.24) is 15.3 Å². The van der Waals surface area contributed by atoms with E-state index in [-0.39, 0.29) is 5.60 Å². The average Bonchev–Trinajstić information content (AvgIpc) is 2.46. The Bertz CT molecular complexity index is 444. The minimum atomic E-state index is -0.296. The Morgan fingerprint density at radius 3 is 2.48 bits per heavy atom. The van der Waals surface area contributed by atoms with E-state index in [1.54, 1.807) is 0 Å². The van der Waals surface area contributed by atoms with Gasteiger partial charge in [-0.05, 0) is 71.5 Å². The molecule has 1 N–H and O–H groups in total. The lowest BCUT2D eigenvalue weighted by Crippen LogP contribution is -2.33. The zero-order chi connectivity index (χ0) is 15.3. The van der Waals surface area contributed by atoms with Crippen LogP contribution in [0.5, 0.6) is 0 Å². The van der Waals surface area contributed by atoms with Crippen LogP contribution in [-0.4, -0.2) is 29.7 Å². The summed E-state index contributed by atoms with van der Waals surface area (Å²) in [5.41, 5.74) is 3.24. The summed E-state index contributed by atoms with van der Waals surface area (Å²) in [5, 5.41) is 3.37. The topological polar surface area (TPSA) is 47.0 Å². The van der Waals surface area contributed by atoms with Crippen LogP contribution in [0.3, 0.4) is 0 Å². The number of aromatic nitrogens is 2. The molecule has 0 saturated carbocycles. The highest BCUT2D eigenvalue weighted by Gasteiger charge is 2.33. The lowest BCUT2D eigenvalue weighted by atomic mass is 9.94. The van der Waals surface area contributed by atoms with Crippen molar-refractivity contribution in [3.63, 3.8) is 0 Å². The summed E-state index contributed by atoms with van der Waals surface area (Å²) in [6.07, 6.45) is 5.54. The highest BCUT2D eigenvalue weighted by atomic mass is 16.5. The summed E-state index contributed by atoms with van der Waals surface area (Å²) in [6.45, 7) is 11.4. The maximum atomic E-state index is 5.98. The Morgan fingerprint density at radius 2 is 1.90 bits per heavy atom. The van der Waals surface area contributed by atoms with Crippen molar-refractivity contribution in [2.75, 3.05) is 19.7 Å². The molecule has 4 heteroatoms. The van der Waals surface area contributed by atoms with Crippen LogP contribution in [0.4, 0.5) is 0 Å². The smallest absolute Gasteiger partial charge is 0.160 e. The van der Waals surface area contributed by atoms with Crippen LogP contribution < -0.4 is 5.32 Å². The van der Waals surface area contributed by atoms with Crippen LogP contribution in [0, 0.1) is 13.8 Å². The zero-order valence-corrected chi connectivity index (χ0v) is 14.0. The van der Waals surface area contributed by atoms with E-state index in [2.05, 4.69) is 33.0 Å². The van der Waals surface area contributed by atoms with E-state index in [1.807, 2.05) is 0 Å². The molecular formula is C17H29N3O. The van der Waals surface area contributed by atoms with Gasteiger partial charge in [0.25, 0.3) is 0 Å². The van der Waals surface area contributed by atoms with E-state index < -0.39 is 0 Å². The van der Waals surface area contributed by atoms with Gasteiger partial charge in [0.1, 0.15) is 5.60 Å². The lowest BCUT2D eigenvalue weighted by molar-refractivity contribution is -0.0762. The third kappa shape index (κ3) is 4.01. The van der Waals surface area contributed by atoms with E-state index in [9.17, 15) is 0 Å². The molecule has 0 amide bonds. The monoisotopic (exact) mass is 291 g/mol. The van der Waals surface area contributed by atoms with Gasteiger partial charge in [0.2, 0.25) is 0 Å².